The third kappa shape index (κ3) is 32.0. The molecule has 20 nitrogen and oxygen atoms in total. The minimum Gasteiger partial charge on any atom is -0.494 e. The number of rotatable bonds is 34. The van der Waals surface area contributed by atoms with Gasteiger partial charge in [0.05, 0.1) is 59.9 Å². The van der Waals surface area contributed by atoms with E-state index in [1.807, 2.05) is 84.1 Å². The lowest BCUT2D eigenvalue weighted by molar-refractivity contribution is -0.136. The maximum atomic E-state index is 13.0. The molecule has 1 aromatic heterocycles. The summed E-state index contributed by atoms with van der Waals surface area (Å²) < 4.78 is 19.8. The van der Waals surface area contributed by atoms with E-state index in [0.717, 1.165) is 79.4 Å². The summed E-state index contributed by atoms with van der Waals surface area (Å²) in [6, 6.07) is 13.0. The maximum Gasteiger partial charge on any atom is 0.252 e. The molecule has 1 saturated heterocycles. The zero-order valence-electron chi connectivity index (χ0n) is 55.8. The van der Waals surface area contributed by atoms with Gasteiger partial charge in [-0.15, -0.1) is 0 Å². The second kappa shape index (κ2) is 49.3. The Labute approximate surface area is 549 Å². The van der Waals surface area contributed by atoms with Gasteiger partial charge < -0.3 is 59.7 Å². The highest BCUT2D eigenvalue weighted by atomic mass is 79.9. The predicted molar refractivity (Wildman–Crippen MR) is 365 cm³/mol. The number of fused-ring (bicyclic) bond motifs is 1. The van der Waals surface area contributed by atoms with Crippen molar-refractivity contribution in [1.29, 1.82) is 0 Å². The minimum absolute atomic E-state index is 0.00995. The highest BCUT2D eigenvalue weighted by Crippen LogP contribution is 2.32. The number of halogens is 2. The van der Waals surface area contributed by atoms with E-state index in [1.54, 1.807) is 38.2 Å². The summed E-state index contributed by atoms with van der Waals surface area (Å²) in [5, 5.41) is 13.4. The summed E-state index contributed by atoms with van der Waals surface area (Å²) in [5.74, 6) is 1.92. The number of nitrogens with one attached hydrogen (secondary N) is 5. The van der Waals surface area contributed by atoms with Gasteiger partial charge in [0.1, 0.15) is 31.2 Å². The lowest BCUT2D eigenvalue weighted by atomic mass is 9.91. The number of carbonyl (C=O) groups is 7. The van der Waals surface area contributed by atoms with Crippen molar-refractivity contribution in [1.82, 2.24) is 50.7 Å². The van der Waals surface area contributed by atoms with Gasteiger partial charge in [-0.05, 0) is 158 Å². The van der Waals surface area contributed by atoms with Gasteiger partial charge in [0.25, 0.3) is 11.8 Å². The molecule has 8 unspecified atom stereocenters. The molecule has 5 rings (SSSR count). The molecule has 0 bridgehead atoms. The fraction of sp³-hybridized carbons (Fsp3) is 0.677. The molecule has 5 N–H and O–H groups in total. The molecule has 3 aromatic rings. The highest BCUT2D eigenvalue weighted by molar-refractivity contribution is 9.09. The first kappa shape index (κ1) is 83.5. The van der Waals surface area contributed by atoms with E-state index in [2.05, 4.69) is 121 Å². The Kier molecular flexibility index (Phi) is 46.8. The smallest absolute Gasteiger partial charge is 0.252 e. The number of alkyl halides is 2. The molecule has 0 spiro atoms. The summed E-state index contributed by atoms with van der Waals surface area (Å²) in [6.07, 6.45) is 12.0. The van der Waals surface area contributed by atoms with Gasteiger partial charge in [0.2, 0.25) is 12.3 Å². The molecule has 8 atom stereocenters. The second-order valence-electron chi connectivity index (χ2n) is 22.9. The first-order valence-corrected chi connectivity index (χ1v) is 34.0. The van der Waals surface area contributed by atoms with Crippen LogP contribution in [0.2, 0.25) is 0 Å². The molecule has 2 aliphatic rings. The minimum atomic E-state index is -0.630. The number of hydrogen-bond acceptors (Lipinski definition) is 17. The van der Waals surface area contributed by atoms with Crippen molar-refractivity contribution in [2.24, 2.45) is 23.7 Å². The van der Waals surface area contributed by atoms with E-state index in [9.17, 15) is 28.8 Å². The first-order valence-electron chi connectivity index (χ1n) is 30.9. The van der Waals surface area contributed by atoms with Crippen LogP contribution in [0.15, 0.2) is 42.5 Å². The number of hydrogen-bond donors (Lipinski definition) is 5. The molecule has 500 valence electrons. The Bertz CT molecular complexity index is 2390. The van der Waals surface area contributed by atoms with E-state index in [4.69, 9.17) is 19.0 Å². The SMILES string of the molecule is C=O.CC(C)C(C=O)N(C)C.CCC.CCC(C)C(C(CC=O)OC)N(C)C(=O)CNC.CNCCC(CCOc1ccc(CC(NC=O)C(=O)NSC2CC2)cc1)CNC(=O)c1ccc2nc(CBr)c(CBr)nc2c1.COC(C(C)C)C1CCCN1C. The number of likely N-dealkylation sites (tertiary alicyclic amines) is 1. The van der Waals surface area contributed by atoms with Crippen LogP contribution in [0.25, 0.3) is 11.0 Å². The number of likely N-dealkylation sites (N-methyl/N-ethyl adjacent to an activating group) is 4. The molecule has 2 aromatic carbocycles. The fourth-order valence-corrected chi connectivity index (χ4v) is 11.5. The van der Waals surface area contributed by atoms with Crippen LogP contribution >= 0.6 is 43.8 Å². The number of ether oxygens (including phenoxy) is 3. The van der Waals surface area contributed by atoms with Crippen molar-refractivity contribution in [3.05, 3.63) is 65.0 Å². The Morgan fingerprint density at radius 3 is 1.93 bits per heavy atom. The van der Waals surface area contributed by atoms with E-state index in [-0.39, 0.29) is 47.7 Å². The van der Waals surface area contributed by atoms with Crippen LogP contribution in [0.5, 0.6) is 5.75 Å². The topological polar surface area (TPSA) is 243 Å². The van der Waals surface area contributed by atoms with E-state index in [0.29, 0.717) is 89.9 Å². The summed E-state index contributed by atoms with van der Waals surface area (Å²) >= 11 is 8.35. The van der Waals surface area contributed by atoms with Crippen LogP contribution in [0.3, 0.4) is 0 Å². The lowest BCUT2D eigenvalue weighted by Crippen LogP contribution is -2.51. The van der Waals surface area contributed by atoms with Gasteiger partial charge in [-0.2, -0.15) is 0 Å². The van der Waals surface area contributed by atoms with Crippen LogP contribution in [0.1, 0.15) is 140 Å². The monoisotopic (exact) mass is 1380 g/mol. The largest absolute Gasteiger partial charge is 0.494 e. The normalized spacial score (nSPS) is 15.9. The first-order chi connectivity index (χ1) is 42.1. The number of amides is 4. The number of benzene rings is 2. The molecule has 1 saturated carbocycles. The molecule has 4 amide bonds. The van der Waals surface area contributed by atoms with Gasteiger partial charge in [0.15, 0.2) is 0 Å². The van der Waals surface area contributed by atoms with Crippen molar-refractivity contribution >= 4 is 98.3 Å². The molecule has 0 radical (unpaired) electrons. The Morgan fingerprint density at radius 2 is 1.48 bits per heavy atom. The van der Waals surface area contributed by atoms with Crippen molar-refractivity contribution in [2.45, 2.75) is 172 Å². The molecule has 23 heteroatoms. The summed E-state index contributed by atoms with van der Waals surface area (Å²) in [5.41, 5.74) is 4.63. The second-order valence-corrected chi connectivity index (χ2v) is 25.2. The van der Waals surface area contributed by atoms with Gasteiger partial charge in [-0.25, -0.2) is 9.97 Å². The average Bonchev–Trinajstić information content (AvgIpc) is 3.24. The van der Waals surface area contributed by atoms with Crippen LogP contribution in [0.4, 0.5) is 0 Å². The zero-order chi connectivity index (χ0) is 66.7. The number of carbonyl (C=O) groups excluding carboxylic acids is 7. The molecule has 88 heavy (non-hydrogen) atoms. The van der Waals surface area contributed by atoms with Crippen LogP contribution < -0.4 is 30.7 Å². The van der Waals surface area contributed by atoms with E-state index >= 15 is 0 Å². The van der Waals surface area contributed by atoms with Crippen LogP contribution in [-0.2, 0) is 55.3 Å². The summed E-state index contributed by atoms with van der Waals surface area (Å²) in [7, 11) is 14.9. The summed E-state index contributed by atoms with van der Waals surface area (Å²) in [6.45, 7) is 22.3. The Hall–Kier alpha value is -4.46. The van der Waals surface area contributed by atoms with Crippen LogP contribution in [0, 0.1) is 23.7 Å². The fourth-order valence-electron chi connectivity index (χ4n) is 9.78. The predicted octanol–water partition coefficient (Wildman–Crippen LogP) is 8.87. The van der Waals surface area contributed by atoms with Gasteiger partial charge >= 0.3 is 0 Å². The number of aldehydes is 2. The van der Waals surface area contributed by atoms with Gasteiger partial charge in [-0.3, -0.25) is 28.8 Å². The van der Waals surface area contributed by atoms with Crippen LogP contribution in [-0.4, -0.2) is 199 Å². The van der Waals surface area contributed by atoms with Crippen molar-refractivity contribution < 1.29 is 47.8 Å². The maximum absolute atomic E-state index is 13.0. The summed E-state index contributed by atoms with van der Waals surface area (Å²) in [4.78, 5) is 92.9. The van der Waals surface area contributed by atoms with Crippen molar-refractivity contribution in [2.75, 3.05) is 89.3 Å². The Morgan fingerprint density at radius 1 is 0.852 bits per heavy atom. The standard InChI is InChI=1S/C31H38Br2N6O4S.C13H26N2O3.C10H21NO.C7H15NO.C3H8.CH2O/c1-34-12-10-21(18-35-30(41)22-4-9-25-26(15-22)38-29(17-33)28(16-32)37-25)11-13-43-23-5-2-20(3-6-23)14-27(36-19-40)31(42)39-44-24-7-8-24;1-6-10(2)13(11(18-5)7-8-16)15(4)12(17)9-14-3;1-8(2)10(12-4)9-6-5-7-11(9)3;1-6(2)7(5-9)8(3)4;1-3-2;1-2/h2-6,9,15,19,21,24,27,34H,7-8,10-14,16-18H2,1H3,(H,35,41)(H,36,40)(H,39,42);8,10-11,13-14H,6-7,9H2,1-5H3;8-10H,5-7H2,1-4H3;5-7H,1-4H3;3H2,1-2H3;1H2. The molecule has 2 heterocycles. The van der Waals surface area contributed by atoms with E-state index < -0.39 is 6.04 Å². The van der Waals surface area contributed by atoms with Crippen molar-refractivity contribution in [3.63, 3.8) is 0 Å². The average molecular weight is 1380 g/mol. The van der Waals surface area contributed by atoms with Gasteiger partial charge in [-0.1, -0.05) is 112 Å². The molecular formula is C65H110Br2N10O10S. The van der Waals surface area contributed by atoms with E-state index in [1.165, 1.54) is 37.8 Å². The van der Waals surface area contributed by atoms with Crippen molar-refractivity contribution in [3.8, 4) is 5.75 Å². The molecule has 1 aliphatic carbocycles. The molecule has 2 fully saturated rings. The number of nitrogens with zero attached hydrogens (tertiary/aromatic N) is 5. The zero-order valence-corrected chi connectivity index (χ0v) is 59.8. The Balaban J connectivity index is 0.00000140. The highest BCUT2D eigenvalue weighted by Gasteiger charge is 2.33. The molecular weight excluding hydrogens is 1270 g/mol. The van der Waals surface area contributed by atoms with Gasteiger partial charge in [0, 0.05) is 68.2 Å². The quantitative estimate of drug-likeness (QED) is 0.0213. The number of aromatic nitrogens is 2. The lowest BCUT2D eigenvalue weighted by Gasteiger charge is -2.37. The third-order valence-corrected chi connectivity index (χ3v) is 17.2. The number of methoxy groups -OCH3 is 2. The third-order valence-electron chi connectivity index (χ3n) is 15.0. The molecule has 1 aliphatic heterocycles.